The number of benzene rings is 2. The fourth-order valence-corrected chi connectivity index (χ4v) is 4.36. The van der Waals surface area contributed by atoms with E-state index < -0.39 is 5.91 Å². The molecule has 166 valence electrons. The van der Waals surface area contributed by atoms with Crippen LogP contribution in [0.5, 0.6) is 11.5 Å². The minimum Gasteiger partial charge on any atom is -0.508 e. The first-order chi connectivity index (χ1) is 15.4. The third-order valence-corrected chi connectivity index (χ3v) is 6.29. The van der Waals surface area contributed by atoms with Crippen LogP contribution in [-0.4, -0.2) is 51.2 Å². The molecule has 8 nitrogen and oxygen atoms in total. The third-order valence-electron chi connectivity index (χ3n) is 5.40. The summed E-state index contributed by atoms with van der Waals surface area (Å²) in [7, 11) is 0. The first-order valence-electron chi connectivity index (χ1n) is 10.4. The van der Waals surface area contributed by atoms with Crippen molar-refractivity contribution in [1.82, 2.24) is 15.1 Å². The van der Waals surface area contributed by atoms with Crippen LogP contribution in [0.15, 0.2) is 42.5 Å². The van der Waals surface area contributed by atoms with Gasteiger partial charge in [0.1, 0.15) is 27.6 Å². The highest BCUT2D eigenvalue weighted by atomic mass is 32.1. The number of primary amides is 1. The number of nitrogens with two attached hydrogens (primary N) is 1. The number of likely N-dealkylation sites (tertiary alicyclic amines) is 1. The van der Waals surface area contributed by atoms with Crippen LogP contribution in [0.2, 0.25) is 0 Å². The Morgan fingerprint density at radius 3 is 2.50 bits per heavy atom. The molecule has 2 amide bonds. The van der Waals surface area contributed by atoms with E-state index in [9.17, 15) is 14.7 Å². The average Bonchev–Trinajstić information content (AvgIpc) is 3.22. The average molecular weight is 453 g/mol. The zero-order chi connectivity index (χ0) is 22.7. The molecule has 0 atom stereocenters. The lowest BCUT2D eigenvalue weighted by Gasteiger charge is -2.32. The topological polar surface area (TPSA) is 119 Å². The van der Waals surface area contributed by atoms with Crippen LogP contribution in [-0.2, 0) is 11.2 Å². The number of nitrogens with zero attached hydrogens (tertiary/aromatic N) is 3. The zero-order valence-electron chi connectivity index (χ0n) is 17.7. The van der Waals surface area contributed by atoms with Crippen molar-refractivity contribution in [1.29, 1.82) is 0 Å². The number of rotatable bonds is 6. The zero-order valence-corrected chi connectivity index (χ0v) is 18.5. The van der Waals surface area contributed by atoms with Crippen molar-refractivity contribution in [3.8, 4) is 22.1 Å². The number of phenols is 1. The second kappa shape index (κ2) is 9.35. The van der Waals surface area contributed by atoms with Gasteiger partial charge in [-0.1, -0.05) is 23.5 Å². The number of aromatic nitrogens is 2. The summed E-state index contributed by atoms with van der Waals surface area (Å²) in [6.07, 6.45) is 1.51. The number of piperidine rings is 1. The third kappa shape index (κ3) is 5.05. The minimum absolute atomic E-state index is 0.0451. The second-order valence-electron chi connectivity index (χ2n) is 7.74. The Labute approximate surface area is 189 Å². The molecule has 3 aromatic rings. The molecule has 4 rings (SSSR count). The van der Waals surface area contributed by atoms with Gasteiger partial charge in [0.2, 0.25) is 5.91 Å². The number of aryl methyl sites for hydroxylation is 1. The molecule has 1 aliphatic rings. The second-order valence-corrected chi connectivity index (χ2v) is 8.92. The molecule has 1 fully saturated rings. The summed E-state index contributed by atoms with van der Waals surface area (Å²) in [5, 5.41) is 19.1. The molecule has 1 aliphatic heterocycles. The number of carbonyl (C=O) groups excluding carboxylic acids is 2. The number of ether oxygens (including phenoxy) is 1. The number of hydrogen-bond donors (Lipinski definition) is 2. The first-order valence-corrected chi connectivity index (χ1v) is 11.2. The van der Waals surface area contributed by atoms with E-state index in [4.69, 9.17) is 10.5 Å². The van der Waals surface area contributed by atoms with Crippen molar-refractivity contribution in [3.05, 3.63) is 58.6 Å². The Balaban J connectivity index is 1.37. The van der Waals surface area contributed by atoms with Crippen molar-refractivity contribution in [2.45, 2.75) is 32.3 Å². The predicted molar refractivity (Wildman–Crippen MR) is 121 cm³/mol. The first kappa shape index (κ1) is 21.8. The summed E-state index contributed by atoms with van der Waals surface area (Å²) < 4.78 is 6.10. The lowest BCUT2D eigenvalue weighted by molar-refractivity contribution is -0.132. The van der Waals surface area contributed by atoms with Crippen LogP contribution < -0.4 is 10.5 Å². The summed E-state index contributed by atoms with van der Waals surface area (Å²) in [6.45, 7) is 3.03. The number of amides is 2. The molecule has 1 saturated heterocycles. The molecule has 32 heavy (non-hydrogen) atoms. The van der Waals surface area contributed by atoms with E-state index in [2.05, 4.69) is 10.2 Å². The van der Waals surface area contributed by atoms with Crippen LogP contribution >= 0.6 is 11.3 Å². The maximum atomic E-state index is 12.6. The van der Waals surface area contributed by atoms with Gasteiger partial charge in [0.25, 0.3) is 5.91 Å². The fraction of sp³-hybridized carbons (Fsp3) is 0.304. The van der Waals surface area contributed by atoms with Crippen LogP contribution in [0, 0.1) is 6.92 Å². The van der Waals surface area contributed by atoms with Crippen molar-refractivity contribution < 1.29 is 19.4 Å². The van der Waals surface area contributed by atoms with Gasteiger partial charge in [0, 0.05) is 31.5 Å². The standard InChI is InChI=1S/C23H24N4O4S/c1-14-25-26-23(32-14)16-4-7-20(19(13-16)22(24)30)31-18-8-10-27(11-9-18)21(29)12-15-2-5-17(28)6-3-15/h2-7,13,18,28H,8-12H2,1H3,(H2,24,30). The summed E-state index contributed by atoms with van der Waals surface area (Å²) >= 11 is 1.44. The molecule has 0 bridgehead atoms. The van der Waals surface area contributed by atoms with E-state index in [1.807, 2.05) is 17.9 Å². The molecular weight excluding hydrogens is 428 g/mol. The molecule has 0 radical (unpaired) electrons. The van der Waals surface area contributed by atoms with Gasteiger partial charge in [-0.3, -0.25) is 9.59 Å². The molecule has 0 aliphatic carbocycles. The number of hydrogen-bond acceptors (Lipinski definition) is 7. The van der Waals surface area contributed by atoms with Crippen LogP contribution in [0.1, 0.15) is 33.8 Å². The smallest absolute Gasteiger partial charge is 0.252 e. The van der Waals surface area contributed by atoms with Gasteiger partial charge < -0.3 is 20.5 Å². The Kier molecular flexibility index (Phi) is 6.36. The summed E-state index contributed by atoms with van der Waals surface area (Å²) in [6, 6.07) is 11.9. The highest BCUT2D eigenvalue weighted by Crippen LogP contribution is 2.30. The van der Waals surface area contributed by atoms with Crippen LogP contribution in [0.3, 0.4) is 0 Å². The predicted octanol–water partition coefficient (Wildman–Crippen LogP) is 2.93. The molecule has 0 saturated carbocycles. The van der Waals surface area contributed by atoms with Crippen molar-refractivity contribution >= 4 is 23.2 Å². The van der Waals surface area contributed by atoms with Crippen LogP contribution in [0.4, 0.5) is 0 Å². The van der Waals surface area contributed by atoms with Crippen molar-refractivity contribution in [3.63, 3.8) is 0 Å². The van der Waals surface area contributed by atoms with Crippen molar-refractivity contribution in [2.24, 2.45) is 5.73 Å². The van der Waals surface area contributed by atoms with Gasteiger partial charge in [-0.25, -0.2) is 0 Å². The minimum atomic E-state index is -0.565. The molecular formula is C23H24N4O4S. The van der Waals surface area contributed by atoms with E-state index in [1.165, 1.54) is 11.3 Å². The Morgan fingerprint density at radius 2 is 1.88 bits per heavy atom. The van der Waals surface area contributed by atoms with E-state index in [0.717, 1.165) is 21.1 Å². The van der Waals surface area contributed by atoms with Crippen LogP contribution in [0.25, 0.3) is 10.6 Å². The van der Waals surface area contributed by atoms with Gasteiger partial charge in [0.15, 0.2) is 0 Å². The summed E-state index contributed by atoms with van der Waals surface area (Å²) in [4.78, 5) is 26.4. The number of carbonyl (C=O) groups is 2. The van der Waals surface area contributed by atoms with E-state index in [1.54, 1.807) is 36.4 Å². The van der Waals surface area contributed by atoms with Gasteiger partial charge >= 0.3 is 0 Å². The maximum Gasteiger partial charge on any atom is 0.252 e. The van der Waals surface area contributed by atoms with Crippen molar-refractivity contribution in [2.75, 3.05) is 13.1 Å². The summed E-state index contributed by atoms with van der Waals surface area (Å²) in [5.41, 5.74) is 7.54. The highest BCUT2D eigenvalue weighted by molar-refractivity contribution is 7.14. The molecule has 0 unspecified atom stereocenters. The lowest BCUT2D eigenvalue weighted by Crippen LogP contribution is -2.42. The van der Waals surface area contributed by atoms with E-state index >= 15 is 0 Å². The maximum absolute atomic E-state index is 12.6. The van der Waals surface area contributed by atoms with Gasteiger partial charge in [-0.15, -0.1) is 10.2 Å². The van der Waals surface area contributed by atoms with E-state index in [0.29, 0.717) is 43.7 Å². The number of phenolic OH excluding ortho intramolecular Hbond substituents is 1. The van der Waals surface area contributed by atoms with Gasteiger partial charge in [0.05, 0.1) is 12.0 Å². The molecule has 3 N–H and O–H groups in total. The molecule has 9 heteroatoms. The Bertz CT molecular complexity index is 1120. The lowest BCUT2D eigenvalue weighted by atomic mass is 10.0. The van der Waals surface area contributed by atoms with Gasteiger partial charge in [-0.05, 0) is 42.8 Å². The normalized spacial score (nSPS) is 14.3. The van der Waals surface area contributed by atoms with E-state index in [-0.39, 0.29) is 17.8 Å². The molecule has 2 aromatic carbocycles. The molecule has 0 spiro atoms. The highest BCUT2D eigenvalue weighted by Gasteiger charge is 2.25. The number of aromatic hydroxyl groups is 1. The summed E-state index contributed by atoms with van der Waals surface area (Å²) in [5.74, 6) is 0.102. The molecule has 1 aromatic heterocycles. The monoisotopic (exact) mass is 452 g/mol. The van der Waals surface area contributed by atoms with Gasteiger partial charge in [-0.2, -0.15) is 0 Å². The Hall–Kier alpha value is -3.46. The Morgan fingerprint density at radius 1 is 1.16 bits per heavy atom. The largest absolute Gasteiger partial charge is 0.508 e. The molecule has 2 heterocycles. The SMILES string of the molecule is Cc1nnc(-c2ccc(OC3CCN(C(=O)Cc4ccc(O)cc4)CC3)c(C(N)=O)c2)s1. The quantitative estimate of drug-likeness (QED) is 0.594. The fourth-order valence-electron chi connectivity index (χ4n) is 3.67.